The number of fused-ring (bicyclic) bond motifs is 1. The van der Waals surface area contributed by atoms with Crippen LogP contribution in [0, 0.1) is 17.2 Å². The van der Waals surface area contributed by atoms with E-state index in [1.807, 2.05) is 12.2 Å². The van der Waals surface area contributed by atoms with Crippen LogP contribution in [0.2, 0.25) is 0 Å². The SMILES string of the molecule is N#Cc1ccc(N2C(=O)C[C@H]3CCC=C[C@@H]32)cc1C(F)(F)F. The average molecular weight is 306 g/mol. The molecule has 6 heteroatoms. The molecular formula is C16H13F3N2O. The van der Waals surface area contributed by atoms with Crippen LogP contribution >= 0.6 is 0 Å². The maximum atomic E-state index is 13.1. The quantitative estimate of drug-likeness (QED) is 0.743. The van der Waals surface area contributed by atoms with E-state index in [9.17, 15) is 18.0 Å². The van der Waals surface area contributed by atoms with E-state index < -0.39 is 17.3 Å². The largest absolute Gasteiger partial charge is 0.417 e. The summed E-state index contributed by atoms with van der Waals surface area (Å²) < 4.78 is 39.2. The number of amides is 1. The van der Waals surface area contributed by atoms with Gasteiger partial charge in [-0.1, -0.05) is 12.2 Å². The molecule has 1 aromatic rings. The predicted octanol–water partition coefficient (Wildman–Crippen LogP) is 3.65. The lowest BCUT2D eigenvalue weighted by atomic mass is 9.90. The molecular weight excluding hydrogens is 293 g/mol. The number of halogens is 3. The number of nitrogens with zero attached hydrogens (tertiary/aromatic N) is 2. The van der Waals surface area contributed by atoms with Crippen molar-refractivity contribution in [2.75, 3.05) is 4.90 Å². The molecule has 2 aliphatic rings. The number of carbonyl (C=O) groups excluding carboxylic acids is 1. The molecule has 0 N–H and O–H groups in total. The summed E-state index contributed by atoms with van der Waals surface area (Å²) in [6.07, 6.45) is 1.35. The first-order valence-corrected chi connectivity index (χ1v) is 7.02. The molecule has 0 saturated carbocycles. The molecule has 1 aliphatic carbocycles. The Morgan fingerprint density at radius 1 is 1.32 bits per heavy atom. The lowest BCUT2D eigenvalue weighted by Gasteiger charge is -2.28. The van der Waals surface area contributed by atoms with E-state index in [-0.39, 0.29) is 23.6 Å². The lowest BCUT2D eigenvalue weighted by molar-refractivity contribution is -0.137. The van der Waals surface area contributed by atoms with Crippen LogP contribution in [0.4, 0.5) is 18.9 Å². The molecule has 1 amide bonds. The minimum atomic E-state index is -4.62. The number of allylic oxidation sites excluding steroid dienone is 1. The second kappa shape index (κ2) is 5.16. The highest BCUT2D eigenvalue weighted by atomic mass is 19.4. The average Bonchev–Trinajstić information content (AvgIpc) is 2.81. The summed E-state index contributed by atoms with van der Waals surface area (Å²) >= 11 is 0. The highest BCUT2D eigenvalue weighted by Crippen LogP contribution is 2.40. The number of benzene rings is 1. The summed E-state index contributed by atoms with van der Waals surface area (Å²) in [6.45, 7) is 0. The Labute approximate surface area is 125 Å². The third-order valence-corrected chi connectivity index (χ3v) is 4.23. The topological polar surface area (TPSA) is 44.1 Å². The van der Waals surface area contributed by atoms with Gasteiger partial charge in [-0.2, -0.15) is 18.4 Å². The van der Waals surface area contributed by atoms with E-state index in [1.54, 1.807) is 6.07 Å². The number of carbonyl (C=O) groups is 1. The zero-order chi connectivity index (χ0) is 15.9. The Morgan fingerprint density at radius 3 is 2.77 bits per heavy atom. The molecule has 1 fully saturated rings. The van der Waals surface area contributed by atoms with Crippen LogP contribution in [0.5, 0.6) is 0 Å². The minimum absolute atomic E-state index is 0.155. The van der Waals surface area contributed by atoms with Gasteiger partial charge >= 0.3 is 6.18 Å². The molecule has 3 rings (SSSR count). The fourth-order valence-corrected chi connectivity index (χ4v) is 3.21. The third kappa shape index (κ3) is 2.37. The number of nitriles is 1. The maximum Gasteiger partial charge on any atom is 0.417 e. The lowest BCUT2D eigenvalue weighted by Crippen LogP contribution is -2.35. The first-order chi connectivity index (χ1) is 10.4. The highest BCUT2D eigenvalue weighted by molar-refractivity contribution is 5.97. The van der Waals surface area contributed by atoms with Crippen molar-refractivity contribution in [1.29, 1.82) is 5.26 Å². The van der Waals surface area contributed by atoms with Gasteiger partial charge in [0.05, 0.1) is 23.2 Å². The van der Waals surface area contributed by atoms with Crippen LogP contribution in [0.25, 0.3) is 0 Å². The molecule has 1 aromatic carbocycles. The summed E-state index contributed by atoms with van der Waals surface area (Å²) in [5.41, 5.74) is -1.22. The van der Waals surface area contributed by atoms with Gasteiger partial charge in [-0.3, -0.25) is 4.79 Å². The minimum Gasteiger partial charge on any atom is -0.305 e. The van der Waals surface area contributed by atoms with E-state index in [1.165, 1.54) is 11.0 Å². The van der Waals surface area contributed by atoms with Gasteiger partial charge in [0.1, 0.15) is 0 Å². The van der Waals surface area contributed by atoms with Crippen molar-refractivity contribution >= 4 is 11.6 Å². The Bertz CT molecular complexity index is 688. The van der Waals surface area contributed by atoms with E-state index >= 15 is 0 Å². The van der Waals surface area contributed by atoms with Crippen LogP contribution < -0.4 is 4.90 Å². The van der Waals surface area contributed by atoms with Gasteiger partial charge in [-0.25, -0.2) is 0 Å². The highest BCUT2D eigenvalue weighted by Gasteiger charge is 2.41. The van der Waals surface area contributed by atoms with Crippen molar-refractivity contribution in [3.8, 4) is 6.07 Å². The number of rotatable bonds is 1. The van der Waals surface area contributed by atoms with Crippen molar-refractivity contribution in [3.05, 3.63) is 41.5 Å². The second-order valence-corrected chi connectivity index (χ2v) is 5.56. The van der Waals surface area contributed by atoms with Gasteiger partial charge in [0, 0.05) is 12.1 Å². The van der Waals surface area contributed by atoms with Crippen molar-refractivity contribution < 1.29 is 18.0 Å². The van der Waals surface area contributed by atoms with Crippen LogP contribution in [0.15, 0.2) is 30.4 Å². The van der Waals surface area contributed by atoms with E-state index in [4.69, 9.17) is 5.26 Å². The van der Waals surface area contributed by atoms with E-state index in [2.05, 4.69) is 0 Å². The maximum absolute atomic E-state index is 13.1. The summed E-state index contributed by atoms with van der Waals surface area (Å²) in [7, 11) is 0. The van der Waals surface area contributed by atoms with E-state index in [0.717, 1.165) is 25.0 Å². The van der Waals surface area contributed by atoms with Crippen molar-refractivity contribution in [3.63, 3.8) is 0 Å². The Morgan fingerprint density at radius 2 is 2.09 bits per heavy atom. The normalized spacial score (nSPS) is 24.3. The van der Waals surface area contributed by atoms with Gasteiger partial charge in [-0.05, 0) is 37.0 Å². The van der Waals surface area contributed by atoms with Crippen LogP contribution in [0.3, 0.4) is 0 Å². The number of anilines is 1. The van der Waals surface area contributed by atoms with Crippen molar-refractivity contribution in [2.45, 2.75) is 31.5 Å². The number of hydrogen-bond donors (Lipinski definition) is 0. The summed E-state index contributed by atoms with van der Waals surface area (Å²) in [5.74, 6) is -0.0122. The first kappa shape index (κ1) is 14.6. The monoisotopic (exact) mass is 306 g/mol. The Kier molecular flexibility index (Phi) is 3.44. The molecule has 0 radical (unpaired) electrons. The first-order valence-electron chi connectivity index (χ1n) is 7.02. The zero-order valence-electron chi connectivity index (χ0n) is 11.6. The van der Waals surface area contributed by atoms with Gasteiger partial charge < -0.3 is 4.90 Å². The third-order valence-electron chi connectivity index (χ3n) is 4.23. The fraction of sp³-hybridized carbons (Fsp3) is 0.375. The molecule has 1 heterocycles. The van der Waals surface area contributed by atoms with Gasteiger partial charge in [0.15, 0.2) is 0 Å². The summed E-state index contributed by atoms with van der Waals surface area (Å²) in [5, 5.41) is 8.84. The molecule has 1 aliphatic heterocycles. The second-order valence-electron chi connectivity index (χ2n) is 5.56. The van der Waals surface area contributed by atoms with Crippen molar-refractivity contribution in [2.24, 2.45) is 5.92 Å². The molecule has 0 aromatic heterocycles. The molecule has 3 nitrogen and oxygen atoms in total. The molecule has 1 saturated heterocycles. The van der Waals surface area contributed by atoms with Crippen LogP contribution in [-0.4, -0.2) is 11.9 Å². The molecule has 114 valence electrons. The number of hydrogen-bond acceptors (Lipinski definition) is 2. The summed E-state index contributed by atoms with van der Waals surface area (Å²) in [4.78, 5) is 13.6. The van der Waals surface area contributed by atoms with Gasteiger partial charge in [-0.15, -0.1) is 0 Å². The van der Waals surface area contributed by atoms with Crippen LogP contribution in [-0.2, 0) is 11.0 Å². The molecule has 2 atom stereocenters. The smallest absolute Gasteiger partial charge is 0.305 e. The predicted molar refractivity (Wildman–Crippen MR) is 73.9 cm³/mol. The summed E-state index contributed by atoms with van der Waals surface area (Å²) in [6, 6.07) is 4.81. The number of alkyl halides is 3. The van der Waals surface area contributed by atoms with Crippen molar-refractivity contribution in [1.82, 2.24) is 0 Å². The fourth-order valence-electron chi connectivity index (χ4n) is 3.21. The molecule has 0 spiro atoms. The molecule has 22 heavy (non-hydrogen) atoms. The van der Waals surface area contributed by atoms with E-state index in [0.29, 0.717) is 6.42 Å². The zero-order valence-corrected chi connectivity index (χ0v) is 11.6. The Hall–Kier alpha value is -2.29. The van der Waals surface area contributed by atoms with Gasteiger partial charge in [0.2, 0.25) is 5.91 Å². The van der Waals surface area contributed by atoms with Crippen LogP contribution in [0.1, 0.15) is 30.4 Å². The Balaban J connectivity index is 2.05. The molecule has 0 unspecified atom stereocenters. The molecule has 0 bridgehead atoms. The standard InChI is InChI=1S/C16H13F3N2O/c17-16(18,19)13-8-12(6-5-11(13)9-20)21-14-4-2-1-3-10(14)7-15(21)22/h2,4-6,8,10,14H,1,3,7H2/t10-,14+/m1/s1. The van der Waals surface area contributed by atoms with Gasteiger partial charge in [0.25, 0.3) is 0 Å².